The molecule has 4 rings (SSSR count). The van der Waals surface area contributed by atoms with E-state index in [2.05, 4.69) is 51.4 Å². The highest BCUT2D eigenvalue weighted by Crippen LogP contribution is 2.39. The fourth-order valence-corrected chi connectivity index (χ4v) is 3.95. The van der Waals surface area contributed by atoms with Crippen LogP contribution in [-0.2, 0) is 0 Å². The molecule has 0 amide bonds. The van der Waals surface area contributed by atoms with Gasteiger partial charge in [0, 0.05) is 30.0 Å². The number of rotatable bonds is 3. The summed E-state index contributed by atoms with van der Waals surface area (Å²) in [5.74, 6) is 1.32. The van der Waals surface area contributed by atoms with Gasteiger partial charge in [0.25, 0.3) is 0 Å². The molecule has 1 N–H and O–H groups in total. The maximum absolute atomic E-state index is 9.71. The first kappa shape index (κ1) is 14.6. The van der Waals surface area contributed by atoms with E-state index in [0.29, 0.717) is 5.92 Å². The largest absolute Gasteiger partial charge is 0.393 e. The lowest BCUT2D eigenvalue weighted by atomic mass is 9.94. The average Bonchev–Trinajstić information content (AvgIpc) is 2.91. The highest BCUT2D eigenvalue weighted by Gasteiger charge is 2.32. The van der Waals surface area contributed by atoms with Crippen molar-refractivity contribution < 1.29 is 5.11 Å². The van der Waals surface area contributed by atoms with Crippen molar-refractivity contribution in [3.8, 4) is 11.1 Å². The first-order chi connectivity index (χ1) is 11.1. The minimum absolute atomic E-state index is 0.261. The SMILES string of the molecule is Cc1ccc(-c2csc3ncnc(N4CC([C@H](C)O)C4)c23)cc1. The second kappa shape index (κ2) is 5.58. The number of thiophene rings is 1. The van der Waals surface area contributed by atoms with Crippen molar-refractivity contribution in [1.29, 1.82) is 0 Å². The Hall–Kier alpha value is -1.98. The monoisotopic (exact) mass is 325 g/mol. The molecule has 1 atom stereocenters. The minimum Gasteiger partial charge on any atom is -0.393 e. The van der Waals surface area contributed by atoms with Crippen LogP contribution >= 0.6 is 11.3 Å². The normalized spacial score (nSPS) is 16.6. The van der Waals surface area contributed by atoms with E-state index in [-0.39, 0.29) is 6.10 Å². The quantitative estimate of drug-likeness (QED) is 0.801. The number of aliphatic hydroxyl groups excluding tert-OH is 1. The van der Waals surface area contributed by atoms with Crippen molar-refractivity contribution in [1.82, 2.24) is 9.97 Å². The Balaban J connectivity index is 1.77. The summed E-state index contributed by atoms with van der Waals surface area (Å²) in [6.45, 7) is 5.67. The smallest absolute Gasteiger partial charge is 0.141 e. The van der Waals surface area contributed by atoms with E-state index in [0.717, 1.165) is 29.1 Å². The Kier molecular flexibility index (Phi) is 3.54. The minimum atomic E-state index is -0.261. The molecule has 1 aliphatic heterocycles. The third-order valence-electron chi connectivity index (χ3n) is 4.60. The highest BCUT2D eigenvalue weighted by molar-refractivity contribution is 7.17. The number of aromatic nitrogens is 2. The van der Waals surface area contributed by atoms with Gasteiger partial charge in [0.15, 0.2) is 0 Å². The molecule has 1 saturated heterocycles. The van der Waals surface area contributed by atoms with Crippen LogP contribution in [0.3, 0.4) is 0 Å². The Bertz CT molecular complexity index is 835. The second-order valence-electron chi connectivity index (χ2n) is 6.30. The third kappa shape index (κ3) is 2.50. The van der Waals surface area contributed by atoms with E-state index in [9.17, 15) is 5.11 Å². The third-order valence-corrected chi connectivity index (χ3v) is 5.49. The fraction of sp³-hybridized carbons (Fsp3) is 0.333. The summed E-state index contributed by atoms with van der Waals surface area (Å²) in [5, 5.41) is 13.0. The zero-order chi connectivity index (χ0) is 16.0. The molecule has 1 aromatic carbocycles. The van der Waals surface area contributed by atoms with E-state index in [1.807, 2.05) is 6.92 Å². The van der Waals surface area contributed by atoms with Crippen molar-refractivity contribution in [3.63, 3.8) is 0 Å². The summed E-state index contributed by atoms with van der Waals surface area (Å²) in [7, 11) is 0. The van der Waals surface area contributed by atoms with Crippen LogP contribution in [0.4, 0.5) is 5.82 Å². The molecule has 1 fully saturated rings. The molecule has 0 saturated carbocycles. The van der Waals surface area contributed by atoms with Crippen molar-refractivity contribution in [2.24, 2.45) is 5.92 Å². The van der Waals surface area contributed by atoms with Gasteiger partial charge in [-0.05, 0) is 19.4 Å². The first-order valence-electron chi connectivity index (χ1n) is 7.85. The summed E-state index contributed by atoms with van der Waals surface area (Å²) in [5.41, 5.74) is 3.65. The van der Waals surface area contributed by atoms with E-state index < -0.39 is 0 Å². The van der Waals surface area contributed by atoms with Crippen LogP contribution in [0.2, 0.25) is 0 Å². The number of aliphatic hydroxyl groups is 1. The molecule has 0 unspecified atom stereocenters. The summed E-state index contributed by atoms with van der Waals surface area (Å²) < 4.78 is 0. The van der Waals surface area contributed by atoms with Gasteiger partial charge in [0.05, 0.1) is 11.5 Å². The summed E-state index contributed by atoms with van der Waals surface area (Å²) in [4.78, 5) is 12.2. The maximum Gasteiger partial charge on any atom is 0.141 e. The van der Waals surface area contributed by atoms with Crippen LogP contribution in [0, 0.1) is 12.8 Å². The lowest BCUT2D eigenvalue weighted by molar-refractivity contribution is 0.107. The fourth-order valence-electron chi connectivity index (χ4n) is 3.04. The predicted molar refractivity (Wildman–Crippen MR) is 95.0 cm³/mol. The molecule has 0 radical (unpaired) electrons. The Labute approximate surface area is 139 Å². The lowest BCUT2D eigenvalue weighted by Crippen LogP contribution is -2.51. The molecule has 2 aromatic heterocycles. The topological polar surface area (TPSA) is 49.2 Å². The zero-order valence-corrected chi connectivity index (χ0v) is 14.0. The molecular weight excluding hydrogens is 306 g/mol. The van der Waals surface area contributed by atoms with Gasteiger partial charge in [0.2, 0.25) is 0 Å². The first-order valence-corrected chi connectivity index (χ1v) is 8.73. The molecule has 23 heavy (non-hydrogen) atoms. The van der Waals surface area contributed by atoms with Crippen LogP contribution < -0.4 is 4.90 Å². The Morgan fingerprint density at radius 1 is 1.22 bits per heavy atom. The number of aryl methyl sites for hydroxylation is 1. The molecule has 3 heterocycles. The van der Waals surface area contributed by atoms with Crippen molar-refractivity contribution in [3.05, 3.63) is 41.5 Å². The number of nitrogens with zero attached hydrogens (tertiary/aromatic N) is 3. The number of hydrogen-bond donors (Lipinski definition) is 1. The van der Waals surface area contributed by atoms with Gasteiger partial charge in [-0.15, -0.1) is 11.3 Å². The molecular formula is C18H19N3OS. The number of hydrogen-bond acceptors (Lipinski definition) is 5. The molecule has 5 heteroatoms. The van der Waals surface area contributed by atoms with E-state index in [1.54, 1.807) is 17.7 Å². The maximum atomic E-state index is 9.71. The van der Waals surface area contributed by atoms with Gasteiger partial charge in [0.1, 0.15) is 17.0 Å². The lowest BCUT2D eigenvalue weighted by Gasteiger charge is -2.41. The predicted octanol–water partition coefficient (Wildman–Crippen LogP) is 3.48. The average molecular weight is 325 g/mol. The zero-order valence-electron chi connectivity index (χ0n) is 13.2. The van der Waals surface area contributed by atoms with Gasteiger partial charge < -0.3 is 10.0 Å². The van der Waals surface area contributed by atoms with Crippen molar-refractivity contribution in [2.45, 2.75) is 20.0 Å². The van der Waals surface area contributed by atoms with E-state index in [4.69, 9.17) is 0 Å². The molecule has 1 aliphatic rings. The van der Waals surface area contributed by atoms with Crippen LogP contribution in [0.15, 0.2) is 36.0 Å². The van der Waals surface area contributed by atoms with Gasteiger partial charge >= 0.3 is 0 Å². The Morgan fingerprint density at radius 2 is 1.96 bits per heavy atom. The van der Waals surface area contributed by atoms with Gasteiger partial charge in [-0.3, -0.25) is 0 Å². The summed E-state index contributed by atoms with van der Waals surface area (Å²) in [6, 6.07) is 8.58. The second-order valence-corrected chi connectivity index (χ2v) is 7.16. The molecule has 0 bridgehead atoms. The summed E-state index contributed by atoms with van der Waals surface area (Å²) >= 11 is 1.66. The van der Waals surface area contributed by atoms with Gasteiger partial charge in [-0.1, -0.05) is 29.8 Å². The van der Waals surface area contributed by atoms with Gasteiger partial charge in [-0.25, -0.2) is 9.97 Å². The standard InChI is InChI=1S/C18H19N3OS/c1-11-3-5-13(6-4-11)15-9-23-18-16(15)17(19-10-20-18)21-7-14(8-21)12(2)22/h3-6,9-10,12,14,22H,7-8H2,1-2H3/t12-/m0/s1. The van der Waals surface area contributed by atoms with Crippen LogP contribution in [0.1, 0.15) is 12.5 Å². The summed E-state index contributed by atoms with van der Waals surface area (Å²) in [6.07, 6.45) is 1.38. The molecule has 0 spiro atoms. The molecule has 0 aliphatic carbocycles. The van der Waals surface area contributed by atoms with Crippen LogP contribution in [0.5, 0.6) is 0 Å². The van der Waals surface area contributed by atoms with Gasteiger partial charge in [-0.2, -0.15) is 0 Å². The number of anilines is 1. The van der Waals surface area contributed by atoms with Crippen molar-refractivity contribution in [2.75, 3.05) is 18.0 Å². The highest BCUT2D eigenvalue weighted by atomic mass is 32.1. The Morgan fingerprint density at radius 3 is 2.65 bits per heavy atom. The van der Waals surface area contributed by atoms with E-state index in [1.165, 1.54) is 16.7 Å². The van der Waals surface area contributed by atoms with Crippen LogP contribution in [-0.4, -0.2) is 34.3 Å². The number of benzene rings is 1. The molecule has 118 valence electrons. The molecule has 3 aromatic rings. The molecule has 4 nitrogen and oxygen atoms in total. The van der Waals surface area contributed by atoms with E-state index >= 15 is 0 Å². The van der Waals surface area contributed by atoms with Crippen LogP contribution in [0.25, 0.3) is 21.3 Å². The van der Waals surface area contributed by atoms with Crippen molar-refractivity contribution >= 4 is 27.4 Å². The number of fused-ring (bicyclic) bond motifs is 1.